The lowest BCUT2D eigenvalue weighted by molar-refractivity contribution is 0.0997. The highest BCUT2D eigenvalue weighted by molar-refractivity contribution is 7.80. The van der Waals surface area contributed by atoms with E-state index in [0.717, 1.165) is 0 Å². The fourth-order valence-electron chi connectivity index (χ4n) is 0.682. The quantitative estimate of drug-likeness (QED) is 0.654. The Hall–Kier alpha value is -1.10. The number of hydrogen-bond acceptors (Lipinski definition) is 2. The summed E-state index contributed by atoms with van der Waals surface area (Å²) in [7, 11) is 0. The molecular weight excluding hydrogens is 184 g/mol. The van der Waals surface area contributed by atoms with E-state index >= 15 is 0 Å². The first kappa shape index (κ1) is 10.9. The molecule has 1 rings (SSSR count). The summed E-state index contributed by atoms with van der Waals surface area (Å²) in [6.45, 7) is 0. The van der Waals surface area contributed by atoms with Crippen molar-refractivity contribution in [2.24, 2.45) is 5.73 Å². The minimum Gasteiger partial charge on any atom is -0.366 e. The molecule has 0 aliphatic carbocycles. The van der Waals surface area contributed by atoms with Crippen LogP contribution in [0.15, 0.2) is 29.2 Å². The maximum atomic E-state index is 10.6. The highest BCUT2D eigenvalue weighted by Crippen LogP contribution is 2.10. The number of hydrogen-bond donors (Lipinski definition) is 2. The van der Waals surface area contributed by atoms with Gasteiger partial charge in [0, 0.05) is 14.0 Å². The summed E-state index contributed by atoms with van der Waals surface area (Å²) in [6, 6.07) is 6.92. The summed E-state index contributed by atoms with van der Waals surface area (Å²) in [5.41, 5.74) is 5.49. The van der Waals surface area contributed by atoms with Crippen LogP contribution in [0.1, 0.15) is 10.4 Å². The summed E-state index contributed by atoms with van der Waals surface area (Å²) in [5, 5.41) is 0. The van der Waals surface area contributed by atoms with Gasteiger partial charge in [-0.25, -0.2) is 0 Å². The predicted molar refractivity (Wildman–Crippen MR) is 44.4 cm³/mol. The van der Waals surface area contributed by atoms with Crippen LogP contribution in [0.25, 0.3) is 0 Å². The van der Waals surface area contributed by atoms with Crippen molar-refractivity contribution in [3.63, 3.8) is 0 Å². The molecule has 0 heterocycles. The topological polar surface area (TPSA) is 43.1 Å². The van der Waals surface area contributed by atoms with Crippen molar-refractivity contribution in [1.29, 1.82) is 0 Å². The Morgan fingerprint density at radius 1 is 1.33 bits per heavy atom. The number of benzene rings is 1. The highest BCUT2D eigenvalue weighted by Gasteiger charge is 2.01. The molecule has 0 saturated carbocycles. The molecule has 0 radical (unpaired) electrons. The smallest absolute Gasteiger partial charge is 0.249 e. The molecule has 12 heavy (non-hydrogen) atoms. The average Bonchev–Trinajstić information content (AvgIpc) is 2.08. The third-order valence-corrected chi connectivity index (χ3v) is 1.56. The molecule has 0 fully saturated rings. The number of rotatable bonds is 1. The summed E-state index contributed by atoms with van der Waals surface area (Å²) >= 11 is 4.04. The zero-order chi connectivity index (χ0) is 9.56. The minimum atomic E-state index is -0.439. The van der Waals surface area contributed by atoms with E-state index in [1.165, 1.54) is 0 Å². The number of carbonyl (C=O) groups excluding carboxylic acids is 1. The maximum Gasteiger partial charge on any atom is 0.249 e. The minimum absolute atomic E-state index is 0.439. The van der Waals surface area contributed by atoms with Crippen LogP contribution < -0.4 is 5.73 Å². The number of thiol groups is 1. The van der Waals surface area contributed by atoms with Crippen molar-refractivity contribution in [2.45, 2.75) is 4.90 Å². The third kappa shape index (κ3) is 2.87. The number of carbonyl (C=O) groups is 1. The second-order valence-corrected chi connectivity index (χ2v) is 2.36. The summed E-state index contributed by atoms with van der Waals surface area (Å²) in [5.74, 6) is -0.439. The monoisotopic (exact) mass is 191 g/mol. The zero-order valence-corrected chi connectivity index (χ0v) is 6.89. The van der Waals surface area contributed by atoms with Crippen LogP contribution in [-0.2, 0) is 0 Å². The van der Waals surface area contributed by atoms with Crippen LogP contribution in [0.5, 0.6) is 0 Å². The van der Waals surface area contributed by atoms with Crippen LogP contribution in [0.4, 0.5) is 9.15 Å². The molecule has 0 aliphatic heterocycles. The van der Waals surface area contributed by atoms with Crippen LogP contribution >= 0.6 is 12.6 Å². The third-order valence-electron chi connectivity index (χ3n) is 1.17. The molecule has 2 nitrogen and oxygen atoms in total. The Bertz CT molecular complexity index is 267. The standard InChI is InChI=1S/C7H7NOS.F2/c8-7(9)5-3-1-2-4-6(5)10;1-2/h1-4,10H,(H2,8,9);. The Labute approximate surface area is 73.6 Å². The van der Waals surface area contributed by atoms with Gasteiger partial charge >= 0.3 is 0 Å². The van der Waals surface area contributed by atoms with Crippen molar-refractivity contribution in [3.8, 4) is 0 Å². The van der Waals surface area contributed by atoms with E-state index in [0.29, 0.717) is 10.5 Å². The van der Waals surface area contributed by atoms with Crippen molar-refractivity contribution < 1.29 is 13.9 Å². The molecule has 0 atom stereocenters. The first-order chi connectivity index (χ1) is 5.72. The van der Waals surface area contributed by atoms with Gasteiger partial charge in [0.1, 0.15) is 0 Å². The average molecular weight is 191 g/mol. The molecule has 0 spiro atoms. The largest absolute Gasteiger partial charge is 0.366 e. The number of halogens is 2. The van der Waals surface area contributed by atoms with Gasteiger partial charge in [0.2, 0.25) is 5.91 Å². The molecule has 5 heteroatoms. The number of primary amides is 1. The van der Waals surface area contributed by atoms with E-state index in [1.54, 1.807) is 24.3 Å². The lowest BCUT2D eigenvalue weighted by Crippen LogP contribution is -2.11. The van der Waals surface area contributed by atoms with Crippen molar-refractivity contribution >= 4 is 18.5 Å². The van der Waals surface area contributed by atoms with E-state index in [-0.39, 0.29) is 0 Å². The lowest BCUT2D eigenvalue weighted by Gasteiger charge is -1.96. The van der Waals surface area contributed by atoms with E-state index < -0.39 is 5.91 Å². The molecule has 1 aromatic carbocycles. The molecule has 0 aliphatic rings. The second kappa shape index (κ2) is 5.54. The summed E-state index contributed by atoms with van der Waals surface area (Å²) < 4.78 is 16.0. The molecule has 2 N–H and O–H groups in total. The Kier molecular flexibility index (Phi) is 5.03. The molecule has 1 aromatic rings. The van der Waals surface area contributed by atoms with Crippen LogP contribution in [0.3, 0.4) is 0 Å². The van der Waals surface area contributed by atoms with Crippen molar-refractivity contribution in [2.75, 3.05) is 0 Å². The SMILES string of the molecule is FF.NC(=O)c1ccccc1S. The van der Waals surface area contributed by atoms with Gasteiger partial charge in [-0.3, -0.25) is 4.79 Å². The second-order valence-electron chi connectivity index (χ2n) is 1.88. The number of amides is 1. The van der Waals surface area contributed by atoms with Gasteiger partial charge < -0.3 is 5.73 Å². The Balaban J connectivity index is 0.000000561. The molecule has 1 amide bonds. The van der Waals surface area contributed by atoms with Crippen molar-refractivity contribution in [3.05, 3.63) is 29.8 Å². The predicted octanol–water partition coefficient (Wildman–Crippen LogP) is 1.91. The Morgan fingerprint density at radius 3 is 2.17 bits per heavy atom. The first-order valence-electron chi connectivity index (χ1n) is 2.94. The summed E-state index contributed by atoms with van der Waals surface area (Å²) in [6.07, 6.45) is 0. The molecule has 0 unspecified atom stereocenters. The lowest BCUT2D eigenvalue weighted by atomic mass is 10.2. The van der Waals surface area contributed by atoms with E-state index in [1.807, 2.05) is 0 Å². The Morgan fingerprint density at radius 2 is 1.83 bits per heavy atom. The van der Waals surface area contributed by atoms with Gasteiger partial charge in [-0.15, -0.1) is 12.6 Å². The summed E-state index contributed by atoms with van der Waals surface area (Å²) in [4.78, 5) is 11.2. The molecule has 0 bridgehead atoms. The van der Waals surface area contributed by atoms with Crippen LogP contribution in [0, 0.1) is 0 Å². The van der Waals surface area contributed by atoms with Gasteiger partial charge in [-0.2, -0.15) is 0 Å². The van der Waals surface area contributed by atoms with E-state index in [4.69, 9.17) is 14.9 Å². The highest BCUT2D eigenvalue weighted by atomic mass is 32.1. The van der Waals surface area contributed by atoms with Crippen LogP contribution in [0.2, 0.25) is 0 Å². The zero-order valence-electron chi connectivity index (χ0n) is 6.00. The molecule has 0 saturated heterocycles. The van der Waals surface area contributed by atoms with Gasteiger partial charge in [-0.05, 0) is 12.1 Å². The number of nitrogens with two attached hydrogens (primary N) is 1. The van der Waals surface area contributed by atoms with Gasteiger partial charge in [0.05, 0.1) is 5.56 Å². The fraction of sp³-hybridized carbons (Fsp3) is 0. The fourth-order valence-corrected chi connectivity index (χ4v) is 0.953. The molecular formula is C7H7F2NOS. The first-order valence-corrected chi connectivity index (χ1v) is 3.38. The normalized spacial score (nSPS) is 8.25. The van der Waals surface area contributed by atoms with Crippen molar-refractivity contribution in [1.82, 2.24) is 0 Å². The maximum absolute atomic E-state index is 10.6. The van der Waals surface area contributed by atoms with Crippen LogP contribution in [-0.4, -0.2) is 5.91 Å². The van der Waals surface area contributed by atoms with E-state index in [2.05, 4.69) is 12.6 Å². The van der Waals surface area contributed by atoms with Gasteiger partial charge in [0.25, 0.3) is 0 Å². The molecule has 0 aromatic heterocycles. The van der Waals surface area contributed by atoms with Gasteiger partial charge in [0.15, 0.2) is 0 Å². The van der Waals surface area contributed by atoms with Gasteiger partial charge in [-0.1, -0.05) is 12.1 Å². The molecule has 66 valence electrons. The van der Waals surface area contributed by atoms with E-state index in [9.17, 15) is 4.79 Å².